The minimum Gasteiger partial charge on any atom is -0.481 e. The topological polar surface area (TPSA) is 57.6 Å². The van der Waals surface area contributed by atoms with Gasteiger partial charge in [-0.15, -0.1) is 0 Å². The molecule has 1 saturated carbocycles. The molecule has 0 radical (unpaired) electrons. The zero-order chi connectivity index (χ0) is 17.3. The summed E-state index contributed by atoms with van der Waals surface area (Å²) >= 11 is 0. The Bertz CT molecular complexity index is 658. The molecule has 1 atom stereocenters. The number of likely N-dealkylation sites (tertiary alicyclic amines) is 1. The molecule has 3 rings (SSSR count). The van der Waals surface area contributed by atoms with E-state index in [1.807, 2.05) is 0 Å². The van der Waals surface area contributed by atoms with E-state index in [9.17, 15) is 23.5 Å². The third-order valence-electron chi connectivity index (χ3n) is 5.21. The molecule has 1 amide bonds. The Labute approximate surface area is 139 Å². The molecule has 1 unspecified atom stereocenters. The maximum absolute atomic E-state index is 13.9. The van der Waals surface area contributed by atoms with E-state index in [2.05, 4.69) is 0 Å². The highest BCUT2D eigenvalue weighted by Gasteiger charge is 2.52. The van der Waals surface area contributed by atoms with Crippen molar-refractivity contribution in [3.63, 3.8) is 0 Å². The number of benzene rings is 1. The van der Waals surface area contributed by atoms with Gasteiger partial charge in [0.2, 0.25) is 5.91 Å². The summed E-state index contributed by atoms with van der Waals surface area (Å²) in [6, 6.07) is 3.15. The first-order chi connectivity index (χ1) is 11.4. The zero-order valence-corrected chi connectivity index (χ0v) is 13.4. The van der Waals surface area contributed by atoms with Gasteiger partial charge in [-0.1, -0.05) is 0 Å². The Morgan fingerprint density at radius 3 is 2.67 bits per heavy atom. The van der Waals surface area contributed by atoms with Crippen molar-refractivity contribution < 1.29 is 23.5 Å². The molecular formula is C18H21F2NO3. The number of amides is 1. The Morgan fingerprint density at radius 1 is 1.25 bits per heavy atom. The van der Waals surface area contributed by atoms with Crippen LogP contribution in [0.4, 0.5) is 8.78 Å². The lowest BCUT2D eigenvalue weighted by Gasteiger charge is -2.36. The molecule has 1 aromatic rings. The highest BCUT2D eigenvalue weighted by atomic mass is 19.1. The lowest BCUT2D eigenvalue weighted by Crippen LogP contribution is -2.46. The number of carbonyl (C=O) groups is 2. The summed E-state index contributed by atoms with van der Waals surface area (Å²) in [5.74, 6) is -2.07. The first kappa shape index (κ1) is 16.9. The van der Waals surface area contributed by atoms with Crippen LogP contribution in [-0.2, 0) is 16.0 Å². The molecule has 1 aliphatic heterocycles. The van der Waals surface area contributed by atoms with Crippen LogP contribution in [0.3, 0.4) is 0 Å². The van der Waals surface area contributed by atoms with E-state index in [1.54, 1.807) is 4.90 Å². The van der Waals surface area contributed by atoms with E-state index in [0.717, 1.165) is 31.4 Å². The SMILES string of the molecule is O=C(CC1(C(=O)O)CC1)N1CCCCC1Cc1cc(F)ccc1F. The van der Waals surface area contributed by atoms with E-state index in [4.69, 9.17) is 0 Å². The number of carboxylic acid groups (broad SMARTS) is 1. The molecule has 1 saturated heterocycles. The van der Waals surface area contributed by atoms with Gasteiger partial charge in [0, 0.05) is 19.0 Å². The van der Waals surface area contributed by atoms with Gasteiger partial charge < -0.3 is 10.0 Å². The molecule has 24 heavy (non-hydrogen) atoms. The molecule has 1 heterocycles. The molecule has 1 aliphatic carbocycles. The Morgan fingerprint density at radius 2 is 2.00 bits per heavy atom. The van der Waals surface area contributed by atoms with Crippen molar-refractivity contribution in [2.75, 3.05) is 6.54 Å². The maximum atomic E-state index is 13.9. The number of carboxylic acids is 1. The first-order valence-electron chi connectivity index (χ1n) is 8.38. The lowest BCUT2D eigenvalue weighted by atomic mass is 9.93. The van der Waals surface area contributed by atoms with E-state index < -0.39 is 23.0 Å². The molecule has 130 valence electrons. The number of hydrogen-bond acceptors (Lipinski definition) is 2. The molecule has 2 aliphatic rings. The average molecular weight is 337 g/mol. The van der Waals surface area contributed by atoms with Gasteiger partial charge in [0.1, 0.15) is 11.6 Å². The van der Waals surface area contributed by atoms with Crippen molar-refractivity contribution in [2.24, 2.45) is 5.41 Å². The van der Waals surface area contributed by atoms with Crippen LogP contribution >= 0.6 is 0 Å². The van der Waals surface area contributed by atoms with Crippen LogP contribution in [0.15, 0.2) is 18.2 Å². The van der Waals surface area contributed by atoms with Crippen LogP contribution in [0, 0.1) is 17.0 Å². The van der Waals surface area contributed by atoms with Crippen LogP contribution in [-0.4, -0.2) is 34.5 Å². The minimum absolute atomic E-state index is 0.00443. The summed E-state index contributed by atoms with van der Waals surface area (Å²) in [7, 11) is 0. The fourth-order valence-electron chi connectivity index (χ4n) is 3.50. The van der Waals surface area contributed by atoms with E-state index in [0.29, 0.717) is 19.4 Å². The van der Waals surface area contributed by atoms with Gasteiger partial charge in [0.05, 0.1) is 5.41 Å². The highest BCUT2D eigenvalue weighted by molar-refractivity contribution is 5.87. The van der Waals surface area contributed by atoms with Gasteiger partial charge in [0.25, 0.3) is 0 Å². The number of hydrogen-bond donors (Lipinski definition) is 1. The van der Waals surface area contributed by atoms with E-state index >= 15 is 0 Å². The average Bonchev–Trinajstić information content (AvgIpc) is 3.32. The van der Waals surface area contributed by atoms with Gasteiger partial charge in [-0.05, 0) is 62.3 Å². The predicted octanol–water partition coefficient (Wildman–Crippen LogP) is 3.14. The number of carbonyl (C=O) groups excluding carboxylic acids is 1. The second kappa shape index (κ2) is 6.49. The molecule has 0 spiro atoms. The van der Waals surface area contributed by atoms with Gasteiger partial charge in [-0.3, -0.25) is 9.59 Å². The Balaban J connectivity index is 1.72. The zero-order valence-electron chi connectivity index (χ0n) is 13.4. The molecular weight excluding hydrogens is 316 g/mol. The fourth-order valence-corrected chi connectivity index (χ4v) is 3.50. The van der Waals surface area contributed by atoms with E-state index in [1.165, 1.54) is 6.07 Å². The Hall–Kier alpha value is -1.98. The van der Waals surface area contributed by atoms with Crippen LogP contribution in [0.1, 0.15) is 44.1 Å². The molecule has 6 heteroatoms. The van der Waals surface area contributed by atoms with Gasteiger partial charge in [-0.2, -0.15) is 0 Å². The number of rotatable bonds is 5. The number of halogens is 2. The van der Waals surface area contributed by atoms with Crippen molar-refractivity contribution >= 4 is 11.9 Å². The van der Waals surface area contributed by atoms with Gasteiger partial charge in [-0.25, -0.2) is 8.78 Å². The normalized spacial score (nSPS) is 22.2. The predicted molar refractivity (Wildman–Crippen MR) is 83.3 cm³/mol. The Kier molecular flexibility index (Phi) is 4.56. The van der Waals surface area contributed by atoms with E-state index in [-0.39, 0.29) is 30.4 Å². The number of piperidine rings is 1. The highest BCUT2D eigenvalue weighted by Crippen LogP contribution is 2.49. The summed E-state index contributed by atoms with van der Waals surface area (Å²) in [6.07, 6.45) is 3.83. The van der Waals surface area contributed by atoms with Crippen LogP contribution in [0.25, 0.3) is 0 Å². The van der Waals surface area contributed by atoms with Crippen molar-refractivity contribution in [3.05, 3.63) is 35.4 Å². The summed E-state index contributed by atoms with van der Waals surface area (Å²) in [4.78, 5) is 25.6. The maximum Gasteiger partial charge on any atom is 0.310 e. The van der Waals surface area contributed by atoms with Crippen LogP contribution in [0.5, 0.6) is 0 Å². The smallest absolute Gasteiger partial charge is 0.310 e. The van der Waals surface area contributed by atoms with Crippen molar-refractivity contribution in [1.82, 2.24) is 4.90 Å². The van der Waals surface area contributed by atoms with Crippen molar-refractivity contribution in [2.45, 2.75) is 51.0 Å². The van der Waals surface area contributed by atoms with Gasteiger partial charge >= 0.3 is 5.97 Å². The molecule has 4 nitrogen and oxygen atoms in total. The molecule has 1 aromatic carbocycles. The molecule has 2 fully saturated rings. The summed E-state index contributed by atoms with van der Waals surface area (Å²) in [5, 5.41) is 9.26. The first-order valence-corrected chi connectivity index (χ1v) is 8.38. The van der Waals surface area contributed by atoms with Gasteiger partial charge in [0.15, 0.2) is 0 Å². The summed E-state index contributed by atoms with van der Waals surface area (Å²) in [6.45, 7) is 0.552. The second-order valence-corrected chi connectivity index (χ2v) is 6.94. The van der Waals surface area contributed by atoms with Crippen molar-refractivity contribution in [3.8, 4) is 0 Å². The molecule has 0 bridgehead atoms. The van der Waals surface area contributed by atoms with Crippen LogP contribution < -0.4 is 0 Å². The standard InChI is InChI=1S/C18H21F2NO3/c19-13-4-5-15(20)12(9-13)10-14-3-1-2-8-21(14)16(22)11-18(6-7-18)17(23)24/h4-5,9,14H,1-3,6-8,10-11H2,(H,23,24). The quantitative estimate of drug-likeness (QED) is 0.898. The lowest BCUT2D eigenvalue weighted by molar-refractivity contribution is -0.148. The third-order valence-corrected chi connectivity index (χ3v) is 5.21. The molecule has 1 N–H and O–H groups in total. The fraction of sp³-hybridized carbons (Fsp3) is 0.556. The minimum atomic E-state index is -0.916. The largest absolute Gasteiger partial charge is 0.481 e. The number of aliphatic carboxylic acids is 1. The van der Waals surface area contributed by atoms with Crippen molar-refractivity contribution in [1.29, 1.82) is 0 Å². The monoisotopic (exact) mass is 337 g/mol. The summed E-state index contributed by atoms with van der Waals surface area (Å²) in [5.41, 5.74) is -0.637. The van der Waals surface area contributed by atoms with Crippen LogP contribution in [0.2, 0.25) is 0 Å². The second-order valence-electron chi connectivity index (χ2n) is 6.94. The third kappa shape index (κ3) is 3.42. The number of nitrogens with zero attached hydrogens (tertiary/aromatic N) is 1. The molecule has 0 aromatic heterocycles. The summed E-state index contributed by atoms with van der Waals surface area (Å²) < 4.78 is 27.3.